The Labute approximate surface area is 75.3 Å². The zero-order chi connectivity index (χ0) is 8.39. The van der Waals surface area contributed by atoms with Gasteiger partial charge in [0.15, 0.2) is 0 Å². The summed E-state index contributed by atoms with van der Waals surface area (Å²) >= 11 is 0. The van der Waals surface area contributed by atoms with E-state index in [2.05, 4.69) is 17.3 Å². The number of likely N-dealkylation sites (tertiary alicyclic amines) is 1. The monoisotopic (exact) mass is 168 g/mol. The standard InChI is InChI=1S/C10H20N2/c1-11-9-6-7-12(8-9)10-4-2-3-5-10/h9-11H,2-8H2,1H3/t9-/m1/s1. The lowest BCUT2D eigenvalue weighted by Gasteiger charge is -2.23. The predicted octanol–water partition coefficient (Wildman–Crippen LogP) is 1.22. The SMILES string of the molecule is CN[C@@H]1CCN(C2CCCC2)C1. The van der Waals surface area contributed by atoms with Crippen molar-refractivity contribution in [3.8, 4) is 0 Å². The van der Waals surface area contributed by atoms with Crippen LogP contribution in [0, 0.1) is 0 Å². The first-order chi connectivity index (χ1) is 5.90. The van der Waals surface area contributed by atoms with Crippen LogP contribution in [-0.2, 0) is 0 Å². The second-order valence-corrected chi connectivity index (χ2v) is 4.21. The Bertz CT molecular complexity index is 141. The van der Waals surface area contributed by atoms with Gasteiger partial charge < -0.3 is 5.32 Å². The third kappa shape index (κ3) is 1.64. The molecule has 2 nitrogen and oxygen atoms in total. The third-order valence-corrected chi connectivity index (χ3v) is 3.47. The van der Waals surface area contributed by atoms with Crippen molar-refractivity contribution in [3.63, 3.8) is 0 Å². The van der Waals surface area contributed by atoms with Gasteiger partial charge >= 0.3 is 0 Å². The molecule has 0 spiro atoms. The van der Waals surface area contributed by atoms with E-state index in [0.29, 0.717) is 0 Å². The number of hydrogen-bond acceptors (Lipinski definition) is 2. The van der Waals surface area contributed by atoms with E-state index < -0.39 is 0 Å². The molecule has 2 aliphatic rings. The van der Waals surface area contributed by atoms with Crippen molar-refractivity contribution in [2.45, 2.75) is 44.2 Å². The molecule has 0 aromatic carbocycles. The van der Waals surface area contributed by atoms with Gasteiger partial charge in [-0.3, -0.25) is 4.90 Å². The van der Waals surface area contributed by atoms with Crippen molar-refractivity contribution in [2.75, 3.05) is 20.1 Å². The highest BCUT2D eigenvalue weighted by Crippen LogP contribution is 2.26. The van der Waals surface area contributed by atoms with E-state index in [9.17, 15) is 0 Å². The molecule has 70 valence electrons. The normalized spacial score (nSPS) is 33.2. The molecule has 0 aromatic rings. The van der Waals surface area contributed by atoms with Gasteiger partial charge in [0.2, 0.25) is 0 Å². The van der Waals surface area contributed by atoms with Crippen molar-refractivity contribution >= 4 is 0 Å². The number of likely N-dealkylation sites (N-methyl/N-ethyl adjacent to an activating group) is 1. The summed E-state index contributed by atoms with van der Waals surface area (Å²) in [5, 5.41) is 3.38. The Morgan fingerprint density at radius 1 is 1.17 bits per heavy atom. The van der Waals surface area contributed by atoms with Gasteiger partial charge in [0, 0.05) is 25.2 Å². The van der Waals surface area contributed by atoms with Crippen LogP contribution in [0.2, 0.25) is 0 Å². The highest BCUT2D eigenvalue weighted by Gasteiger charge is 2.28. The number of nitrogens with one attached hydrogen (secondary N) is 1. The molecule has 12 heavy (non-hydrogen) atoms. The number of nitrogens with zero attached hydrogens (tertiary/aromatic N) is 1. The molecule has 1 aliphatic heterocycles. The quantitative estimate of drug-likeness (QED) is 0.667. The Balaban J connectivity index is 1.81. The minimum atomic E-state index is 0.769. The van der Waals surface area contributed by atoms with Crippen molar-refractivity contribution < 1.29 is 0 Å². The van der Waals surface area contributed by atoms with Gasteiger partial charge in [0.1, 0.15) is 0 Å². The minimum Gasteiger partial charge on any atom is -0.316 e. The predicted molar refractivity (Wildman–Crippen MR) is 51.3 cm³/mol. The molecule has 0 amide bonds. The fourth-order valence-electron chi connectivity index (χ4n) is 2.62. The van der Waals surface area contributed by atoms with Crippen LogP contribution >= 0.6 is 0 Å². The molecule has 2 fully saturated rings. The molecule has 0 aromatic heterocycles. The Morgan fingerprint density at radius 2 is 1.92 bits per heavy atom. The molecular weight excluding hydrogens is 148 g/mol. The fraction of sp³-hybridized carbons (Fsp3) is 1.00. The molecule has 1 heterocycles. The lowest BCUT2D eigenvalue weighted by molar-refractivity contribution is 0.241. The van der Waals surface area contributed by atoms with Crippen molar-refractivity contribution in [2.24, 2.45) is 0 Å². The second kappa shape index (κ2) is 3.75. The van der Waals surface area contributed by atoms with Crippen molar-refractivity contribution in [1.29, 1.82) is 0 Å². The zero-order valence-corrected chi connectivity index (χ0v) is 8.05. The molecule has 1 aliphatic carbocycles. The van der Waals surface area contributed by atoms with Gasteiger partial charge in [-0.2, -0.15) is 0 Å². The largest absolute Gasteiger partial charge is 0.316 e. The van der Waals surface area contributed by atoms with E-state index in [1.807, 2.05) is 0 Å². The second-order valence-electron chi connectivity index (χ2n) is 4.21. The van der Waals surface area contributed by atoms with E-state index in [4.69, 9.17) is 0 Å². The maximum atomic E-state index is 3.38. The van der Waals surface area contributed by atoms with E-state index >= 15 is 0 Å². The summed E-state index contributed by atoms with van der Waals surface area (Å²) in [5.74, 6) is 0. The van der Waals surface area contributed by atoms with Gasteiger partial charge in [0.05, 0.1) is 0 Å². The fourth-order valence-corrected chi connectivity index (χ4v) is 2.62. The molecular formula is C10H20N2. The Morgan fingerprint density at radius 3 is 2.50 bits per heavy atom. The van der Waals surface area contributed by atoms with Gasteiger partial charge in [-0.05, 0) is 26.3 Å². The van der Waals surface area contributed by atoms with Crippen LogP contribution in [0.1, 0.15) is 32.1 Å². The molecule has 1 atom stereocenters. The van der Waals surface area contributed by atoms with Gasteiger partial charge in [-0.1, -0.05) is 12.8 Å². The average molecular weight is 168 g/mol. The summed E-state index contributed by atoms with van der Waals surface area (Å²) in [5.41, 5.74) is 0. The molecule has 1 saturated carbocycles. The molecule has 1 saturated heterocycles. The van der Waals surface area contributed by atoms with Gasteiger partial charge in [-0.15, -0.1) is 0 Å². The maximum absolute atomic E-state index is 3.38. The van der Waals surface area contributed by atoms with Gasteiger partial charge in [0.25, 0.3) is 0 Å². The van der Waals surface area contributed by atoms with Crippen LogP contribution in [0.5, 0.6) is 0 Å². The van der Waals surface area contributed by atoms with E-state index in [-0.39, 0.29) is 0 Å². The highest BCUT2D eigenvalue weighted by atomic mass is 15.2. The average Bonchev–Trinajstić information content (AvgIpc) is 2.75. The number of rotatable bonds is 2. The number of hydrogen-bond donors (Lipinski definition) is 1. The molecule has 2 heteroatoms. The van der Waals surface area contributed by atoms with Crippen LogP contribution in [-0.4, -0.2) is 37.1 Å². The molecule has 0 radical (unpaired) electrons. The van der Waals surface area contributed by atoms with Crippen LogP contribution in [0.4, 0.5) is 0 Å². The summed E-state index contributed by atoms with van der Waals surface area (Å²) in [7, 11) is 2.09. The third-order valence-electron chi connectivity index (χ3n) is 3.47. The van der Waals surface area contributed by atoms with E-state index in [0.717, 1.165) is 12.1 Å². The smallest absolute Gasteiger partial charge is 0.0204 e. The molecule has 2 rings (SSSR count). The lowest BCUT2D eigenvalue weighted by atomic mass is 10.2. The Hall–Kier alpha value is -0.0800. The van der Waals surface area contributed by atoms with Crippen molar-refractivity contribution in [3.05, 3.63) is 0 Å². The Kier molecular flexibility index (Phi) is 2.66. The van der Waals surface area contributed by atoms with Gasteiger partial charge in [-0.25, -0.2) is 0 Å². The van der Waals surface area contributed by atoms with Crippen LogP contribution in [0.15, 0.2) is 0 Å². The lowest BCUT2D eigenvalue weighted by Crippen LogP contribution is -2.34. The zero-order valence-electron chi connectivity index (χ0n) is 8.05. The summed E-state index contributed by atoms with van der Waals surface area (Å²) < 4.78 is 0. The topological polar surface area (TPSA) is 15.3 Å². The summed E-state index contributed by atoms with van der Waals surface area (Å²) in [6.07, 6.45) is 7.19. The molecule has 1 N–H and O–H groups in total. The van der Waals surface area contributed by atoms with E-state index in [1.54, 1.807) is 0 Å². The molecule has 0 unspecified atom stereocenters. The first kappa shape index (κ1) is 8.52. The van der Waals surface area contributed by atoms with Crippen LogP contribution in [0.3, 0.4) is 0 Å². The maximum Gasteiger partial charge on any atom is 0.0204 e. The summed E-state index contributed by atoms with van der Waals surface area (Å²) in [4.78, 5) is 2.69. The van der Waals surface area contributed by atoms with Crippen LogP contribution < -0.4 is 5.32 Å². The first-order valence-corrected chi connectivity index (χ1v) is 5.31. The highest BCUT2D eigenvalue weighted by molar-refractivity contribution is 4.86. The first-order valence-electron chi connectivity index (χ1n) is 5.31. The van der Waals surface area contributed by atoms with Crippen LogP contribution in [0.25, 0.3) is 0 Å². The molecule has 0 bridgehead atoms. The summed E-state index contributed by atoms with van der Waals surface area (Å²) in [6, 6.07) is 1.70. The minimum absolute atomic E-state index is 0.769. The van der Waals surface area contributed by atoms with E-state index in [1.165, 1.54) is 45.2 Å². The van der Waals surface area contributed by atoms with Crippen molar-refractivity contribution in [1.82, 2.24) is 10.2 Å². The summed E-state index contributed by atoms with van der Waals surface area (Å²) in [6.45, 7) is 2.62.